The third-order valence-electron chi connectivity index (χ3n) is 1.99. The minimum absolute atomic E-state index is 0.235. The van der Waals surface area contributed by atoms with Gasteiger partial charge < -0.3 is 4.74 Å². The maximum absolute atomic E-state index is 11.4. The van der Waals surface area contributed by atoms with Crippen LogP contribution in [0.1, 0.15) is 0 Å². The van der Waals surface area contributed by atoms with Crippen LogP contribution >= 0.6 is 0 Å². The highest BCUT2D eigenvalue weighted by Gasteiger charge is 2.11. The van der Waals surface area contributed by atoms with Gasteiger partial charge in [0.1, 0.15) is 6.73 Å². The van der Waals surface area contributed by atoms with E-state index in [9.17, 15) is 4.79 Å². The van der Waals surface area contributed by atoms with Crippen molar-refractivity contribution in [3.8, 4) is 11.4 Å². The number of hydrogen-bond acceptors (Lipinski definition) is 3. The van der Waals surface area contributed by atoms with Crippen LogP contribution in [0.5, 0.6) is 0 Å². The van der Waals surface area contributed by atoms with Gasteiger partial charge in [-0.3, -0.25) is 4.57 Å². The molecular weight excluding hydrogens is 180 g/mol. The van der Waals surface area contributed by atoms with Crippen LogP contribution < -0.4 is 5.69 Å². The predicted molar refractivity (Wildman–Crippen MR) is 52.1 cm³/mol. The van der Waals surface area contributed by atoms with Gasteiger partial charge in [-0.25, -0.2) is 4.79 Å². The molecule has 0 N–H and O–H groups in total. The van der Waals surface area contributed by atoms with Crippen molar-refractivity contribution in [1.82, 2.24) is 9.55 Å². The molecule has 0 saturated heterocycles. The first-order valence-electron chi connectivity index (χ1n) is 4.27. The average molecular weight is 190 g/mol. The summed E-state index contributed by atoms with van der Waals surface area (Å²) in [6.07, 6.45) is 0. The Balaban J connectivity index is 2.65. The first kappa shape index (κ1) is 8.90. The third-order valence-corrected chi connectivity index (χ3v) is 1.99. The van der Waals surface area contributed by atoms with Gasteiger partial charge in [0.05, 0.1) is 11.4 Å². The molecule has 72 valence electrons. The van der Waals surface area contributed by atoms with E-state index in [1.165, 1.54) is 4.57 Å². The fourth-order valence-electron chi connectivity index (χ4n) is 1.37. The highest BCUT2D eigenvalue weighted by molar-refractivity contribution is 5.55. The normalized spacial score (nSPS) is 10.6. The first-order chi connectivity index (χ1) is 6.83. The van der Waals surface area contributed by atoms with E-state index in [-0.39, 0.29) is 12.4 Å². The average Bonchev–Trinajstić information content (AvgIpc) is 2.39. The van der Waals surface area contributed by atoms with Gasteiger partial charge in [-0.2, -0.15) is 4.98 Å². The molecular formula is C10H10N2O2. The summed E-state index contributed by atoms with van der Waals surface area (Å²) in [5, 5.41) is 0. The Morgan fingerprint density at radius 3 is 2.93 bits per heavy atom. The fraction of sp³-hybridized carbons (Fsp3) is 0.200. The highest BCUT2D eigenvalue weighted by Crippen LogP contribution is 2.15. The van der Waals surface area contributed by atoms with E-state index >= 15 is 0 Å². The largest absolute Gasteiger partial charge is 0.364 e. The highest BCUT2D eigenvalue weighted by atomic mass is 16.5. The minimum atomic E-state index is -0.270. The zero-order valence-electron chi connectivity index (χ0n) is 7.80. The standard InChI is InChI=1S/C10H10N2O2/c1-14-7-12-9-6-4-2-3-5-8(9)11-10(12)13/h2-6H,7H2,1H3. The third kappa shape index (κ3) is 1.40. The van der Waals surface area contributed by atoms with Crippen molar-refractivity contribution >= 4 is 0 Å². The number of methoxy groups -OCH3 is 1. The van der Waals surface area contributed by atoms with Crippen molar-refractivity contribution in [1.29, 1.82) is 0 Å². The maximum Gasteiger partial charge on any atom is 0.350 e. The molecule has 0 bridgehead atoms. The molecule has 0 atom stereocenters. The molecule has 2 aliphatic rings. The molecule has 4 nitrogen and oxygen atoms in total. The van der Waals surface area contributed by atoms with E-state index in [4.69, 9.17) is 4.74 Å². The molecule has 1 heterocycles. The maximum atomic E-state index is 11.4. The van der Waals surface area contributed by atoms with Gasteiger partial charge in [-0.15, -0.1) is 0 Å². The number of fused-ring (bicyclic) bond motifs is 1. The second kappa shape index (κ2) is 3.59. The van der Waals surface area contributed by atoms with E-state index in [0.717, 1.165) is 5.69 Å². The van der Waals surface area contributed by atoms with Gasteiger partial charge in [0.2, 0.25) is 0 Å². The lowest BCUT2D eigenvalue weighted by atomic mass is 10.3. The van der Waals surface area contributed by atoms with Crippen LogP contribution in [0.3, 0.4) is 0 Å². The van der Waals surface area contributed by atoms with Gasteiger partial charge >= 0.3 is 5.69 Å². The van der Waals surface area contributed by atoms with E-state index in [0.29, 0.717) is 5.69 Å². The fourth-order valence-corrected chi connectivity index (χ4v) is 1.37. The molecule has 0 aromatic heterocycles. The first-order valence-corrected chi connectivity index (χ1v) is 4.27. The topological polar surface area (TPSA) is 44.1 Å². The van der Waals surface area contributed by atoms with Crippen LogP contribution in [0.25, 0.3) is 11.4 Å². The summed E-state index contributed by atoms with van der Waals surface area (Å²) in [6.45, 7) is 0.235. The van der Waals surface area contributed by atoms with E-state index in [1.54, 1.807) is 7.11 Å². The van der Waals surface area contributed by atoms with Gasteiger partial charge in [0.25, 0.3) is 0 Å². The molecule has 0 amide bonds. The van der Waals surface area contributed by atoms with Crippen LogP contribution in [0.2, 0.25) is 0 Å². The molecule has 4 heteroatoms. The minimum Gasteiger partial charge on any atom is -0.364 e. The number of nitrogens with zero attached hydrogens (tertiary/aromatic N) is 2. The van der Waals surface area contributed by atoms with Crippen molar-refractivity contribution < 1.29 is 4.74 Å². The second-order valence-electron chi connectivity index (χ2n) is 2.92. The van der Waals surface area contributed by atoms with Crippen molar-refractivity contribution in [2.45, 2.75) is 6.73 Å². The lowest BCUT2D eigenvalue weighted by Gasteiger charge is -2.00. The van der Waals surface area contributed by atoms with Gasteiger partial charge in [0, 0.05) is 7.11 Å². The summed E-state index contributed by atoms with van der Waals surface area (Å²) in [6, 6.07) is 9.27. The number of ether oxygens (including phenoxy) is 1. The zero-order valence-corrected chi connectivity index (χ0v) is 7.80. The van der Waals surface area contributed by atoms with Crippen LogP contribution in [-0.4, -0.2) is 16.7 Å². The Morgan fingerprint density at radius 1 is 1.36 bits per heavy atom. The van der Waals surface area contributed by atoms with Crippen LogP contribution in [0.15, 0.2) is 35.1 Å². The molecule has 0 radical (unpaired) electrons. The number of hydrogen-bond donors (Lipinski definition) is 0. The van der Waals surface area contributed by atoms with Gasteiger partial charge in [-0.1, -0.05) is 18.2 Å². The van der Waals surface area contributed by atoms with Crippen molar-refractivity contribution in [3.05, 3.63) is 40.8 Å². The Hall–Kier alpha value is -1.68. The zero-order chi connectivity index (χ0) is 9.97. The molecule has 1 aliphatic heterocycles. The summed E-state index contributed by atoms with van der Waals surface area (Å²) < 4.78 is 6.42. The molecule has 0 spiro atoms. The number of rotatable bonds is 2. The number of aromatic nitrogens is 2. The molecule has 0 aromatic carbocycles. The molecule has 1 aliphatic carbocycles. The van der Waals surface area contributed by atoms with Crippen LogP contribution in [-0.2, 0) is 11.5 Å². The smallest absolute Gasteiger partial charge is 0.350 e. The number of imidazole rings is 1. The molecule has 0 fully saturated rings. The van der Waals surface area contributed by atoms with E-state index < -0.39 is 0 Å². The van der Waals surface area contributed by atoms with Gasteiger partial charge in [-0.05, 0) is 12.1 Å². The summed E-state index contributed by atoms with van der Waals surface area (Å²) in [5.74, 6) is 0. The molecule has 0 unspecified atom stereocenters. The van der Waals surface area contributed by atoms with E-state index in [2.05, 4.69) is 4.98 Å². The monoisotopic (exact) mass is 190 g/mol. The van der Waals surface area contributed by atoms with Crippen molar-refractivity contribution in [3.63, 3.8) is 0 Å². The Morgan fingerprint density at radius 2 is 2.14 bits per heavy atom. The van der Waals surface area contributed by atoms with Crippen LogP contribution in [0, 0.1) is 0 Å². The molecule has 0 aromatic rings. The SMILES string of the molecule is COCn1c2cccccc-2nc1=O. The second-order valence-corrected chi connectivity index (χ2v) is 2.92. The van der Waals surface area contributed by atoms with Crippen molar-refractivity contribution in [2.24, 2.45) is 0 Å². The summed E-state index contributed by atoms with van der Waals surface area (Å²) in [4.78, 5) is 15.3. The van der Waals surface area contributed by atoms with Crippen LogP contribution in [0.4, 0.5) is 0 Å². The molecule has 14 heavy (non-hydrogen) atoms. The van der Waals surface area contributed by atoms with Gasteiger partial charge in [0.15, 0.2) is 0 Å². The van der Waals surface area contributed by atoms with Crippen molar-refractivity contribution in [2.75, 3.05) is 7.11 Å². The molecule has 2 rings (SSSR count). The van der Waals surface area contributed by atoms with E-state index in [1.807, 2.05) is 30.3 Å². The Kier molecular flexibility index (Phi) is 2.28. The quantitative estimate of drug-likeness (QED) is 0.708. The lowest BCUT2D eigenvalue weighted by molar-refractivity contribution is 0.130. The Labute approximate surface area is 81.1 Å². The lowest BCUT2D eigenvalue weighted by Crippen LogP contribution is -2.17. The summed E-state index contributed by atoms with van der Waals surface area (Å²) in [7, 11) is 1.55. The summed E-state index contributed by atoms with van der Waals surface area (Å²) >= 11 is 0. The Bertz CT molecular complexity index is 464. The predicted octanol–water partition coefficient (Wildman–Crippen LogP) is 0.952. The summed E-state index contributed by atoms with van der Waals surface area (Å²) in [5.41, 5.74) is 1.21. The molecule has 0 saturated carbocycles.